The van der Waals surface area contributed by atoms with Crippen molar-refractivity contribution >= 4 is 16.2 Å². The van der Waals surface area contributed by atoms with Crippen molar-refractivity contribution in [1.29, 1.82) is 0 Å². The molecule has 8 nitrogen and oxygen atoms in total. The predicted octanol–water partition coefficient (Wildman–Crippen LogP) is 2.81. The summed E-state index contributed by atoms with van der Waals surface area (Å²) in [5, 5.41) is 3.83. The second-order valence-corrected chi connectivity index (χ2v) is 7.58. The van der Waals surface area contributed by atoms with Crippen molar-refractivity contribution in [3.8, 4) is 23.0 Å². The molecule has 2 aromatic carbocycles. The van der Waals surface area contributed by atoms with Crippen LogP contribution in [0.5, 0.6) is 23.0 Å². The van der Waals surface area contributed by atoms with Gasteiger partial charge in [-0.1, -0.05) is 0 Å². The minimum atomic E-state index is -3.95. The fourth-order valence-electron chi connectivity index (χ4n) is 2.33. The molecule has 152 valence electrons. The van der Waals surface area contributed by atoms with Gasteiger partial charge in [-0.15, -0.1) is 0 Å². The third-order valence-corrected chi connectivity index (χ3v) is 4.84. The molecule has 2 rings (SSSR count). The Bertz CT molecular complexity index is 941. The van der Waals surface area contributed by atoms with Gasteiger partial charge in [-0.2, -0.15) is 18.4 Å². The SMILES string of the molecule is COc1ccc(OC)c(S(=O)(=O)N/N=C/c2ccc(OC(C)C)c(OC)c2)c1. The first-order valence-electron chi connectivity index (χ1n) is 8.42. The lowest BCUT2D eigenvalue weighted by Gasteiger charge is -2.13. The Balaban J connectivity index is 2.22. The number of hydrogen-bond acceptors (Lipinski definition) is 7. The number of rotatable bonds is 9. The van der Waals surface area contributed by atoms with Gasteiger partial charge in [-0.3, -0.25) is 0 Å². The van der Waals surface area contributed by atoms with Crippen LogP contribution in [-0.2, 0) is 10.0 Å². The largest absolute Gasteiger partial charge is 0.497 e. The normalized spacial score (nSPS) is 11.5. The summed E-state index contributed by atoms with van der Waals surface area (Å²) in [5.41, 5.74) is 0.633. The molecule has 0 saturated heterocycles. The van der Waals surface area contributed by atoms with E-state index in [0.717, 1.165) is 0 Å². The number of hydrogen-bond donors (Lipinski definition) is 1. The van der Waals surface area contributed by atoms with Gasteiger partial charge >= 0.3 is 0 Å². The Morgan fingerprint density at radius 2 is 1.61 bits per heavy atom. The van der Waals surface area contributed by atoms with E-state index in [1.165, 1.54) is 39.7 Å². The van der Waals surface area contributed by atoms with Gasteiger partial charge in [-0.05, 0) is 49.7 Å². The van der Waals surface area contributed by atoms with E-state index in [1.807, 2.05) is 13.8 Å². The average molecular weight is 408 g/mol. The molecule has 1 N–H and O–H groups in total. The maximum Gasteiger partial charge on any atom is 0.280 e. The first kappa shape index (κ1) is 21.4. The fourth-order valence-corrected chi connectivity index (χ4v) is 3.31. The van der Waals surface area contributed by atoms with Gasteiger partial charge in [0.2, 0.25) is 0 Å². The number of hydrazone groups is 1. The van der Waals surface area contributed by atoms with Gasteiger partial charge in [0.15, 0.2) is 11.5 Å². The summed E-state index contributed by atoms with van der Waals surface area (Å²) in [6.07, 6.45) is 1.37. The molecule has 0 bridgehead atoms. The minimum absolute atomic E-state index is 0.00179. The molecule has 0 heterocycles. The number of sulfonamides is 1. The molecule has 0 aromatic heterocycles. The summed E-state index contributed by atoms with van der Waals surface area (Å²) in [6.45, 7) is 3.83. The molecular weight excluding hydrogens is 384 g/mol. The highest BCUT2D eigenvalue weighted by Gasteiger charge is 2.20. The van der Waals surface area contributed by atoms with Crippen LogP contribution in [0.25, 0.3) is 0 Å². The first-order chi connectivity index (χ1) is 13.3. The zero-order valence-electron chi connectivity index (χ0n) is 16.4. The van der Waals surface area contributed by atoms with E-state index in [-0.39, 0.29) is 16.7 Å². The zero-order valence-corrected chi connectivity index (χ0v) is 17.2. The molecule has 0 amide bonds. The molecule has 0 unspecified atom stereocenters. The molecule has 0 atom stereocenters. The second kappa shape index (κ2) is 9.32. The minimum Gasteiger partial charge on any atom is -0.497 e. The lowest BCUT2D eigenvalue weighted by Crippen LogP contribution is -2.19. The Morgan fingerprint density at radius 1 is 0.929 bits per heavy atom. The van der Waals surface area contributed by atoms with Gasteiger partial charge in [0.05, 0.1) is 33.6 Å². The van der Waals surface area contributed by atoms with E-state index in [2.05, 4.69) is 9.93 Å². The molecule has 9 heteroatoms. The van der Waals surface area contributed by atoms with Crippen molar-refractivity contribution < 1.29 is 27.4 Å². The molecule has 2 aromatic rings. The van der Waals surface area contributed by atoms with E-state index in [9.17, 15) is 8.42 Å². The Hall–Kier alpha value is -2.94. The molecule has 0 aliphatic heterocycles. The van der Waals surface area contributed by atoms with Crippen LogP contribution in [0.4, 0.5) is 0 Å². The van der Waals surface area contributed by atoms with Crippen LogP contribution in [0.15, 0.2) is 46.4 Å². The highest BCUT2D eigenvalue weighted by atomic mass is 32.2. The standard InChI is InChI=1S/C19H24N2O6S/c1-13(2)27-16-8-6-14(10-18(16)26-5)12-20-21-28(22,23)19-11-15(24-3)7-9-17(19)25-4/h6-13,21H,1-5H3/b20-12+. The molecule has 0 aliphatic carbocycles. The monoisotopic (exact) mass is 408 g/mol. The molecule has 0 spiro atoms. The quantitative estimate of drug-likeness (QED) is 0.506. The molecule has 0 fully saturated rings. The van der Waals surface area contributed by atoms with Gasteiger partial charge in [0.25, 0.3) is 10.0 Å². The summed E-state index contributed by atoms with van der Waals surface area (Å²) in [5.74, 6) is 1.68. The van der Waals surface area contributed by atoms with E-state index < -0.39 is 10.0 Å². The Morgan fingerprint density at radius 3 is 2.21 bits per heavy atom. The van der Waals surface area contributed by atoms with E-state index in [4.69, 9.17) is 18.9 Å². The number of nitrogens with zero attached hydrogens (tertiary/aromatic N) is 1. The summed E-state index contributed by atoms with van der Waals surface area (Å²) < 4.78 is 46.3. The lowest BCUT2D eigenvalue weighted by molar-refractivity contribution is 0.230. The van der Waals surface area contributed by atoms with E-state index in [0.29, 0.717) is 22.8 Å². The van der Waals surface area contributed by atoms with Gasteiger partial charge in [0.1, 0.15) is 16.4 Å². The summed E-state index contributed by atoms with van der Waals surface area (Å²) in [7, 11) is 0.409. The molecule has 28 heavy (non-hydrogen) atoms. The highest BCUT2D eigenvalue weighted by Crippen LogP contribution is 2.29. The average Bonchev–Trinajstić information content (AvgIpc) is 2.67. The van der Waals surface area contributed by atoms with Crippen LogP contribution >= 0.6 is 0 Å². The van der Waals surface area contributed by atoms with Crippen molar-refractivity contribution in [1.82, 2.24) is 4.83 Å². The zero-order chi connectivity index (χ0) is 20.7. The summed E-state index contributed by atoms with van der Waals surface area (Å²) in [6, 6.07) is 9.65. The van der Waals surface area contributed by atoms with Gasteiger partial charge < -0.3 is 18.9 Å². The van der Waals surface area contributed by atoms with Gasteiger partial charge in [0, 0.05) is 6.07 Å². The van der Waals surface area contributed by atoms with Crippen LogP contribution in [0.1, 0.15) is 19.4 Å². The van der Waals surface area contributed by atoms with Crippen LogP contribution in [0.2, 0.25) is 0 Å². The van der Waals surface area contributed by atoms with Crippen LogP contribution < -0.4 is 23.8 Å². The highest BCUT2D eigenvalue weighted by molar-refractivity contribution is 7.89. The van der Waals surface area contributed by atoms with E-state index in [1.54, 1.807) is 24.3 Å². The van der Waals surface area contributed by atoms with Crippen molar-refractivity contribution in [2.24, 2.45) is 5.10 Å². The fraction of sp³-hybridized carbons (Fsp3) is 0.316. The maximum atomic E-state index is 12.6. The molecule has 0 aliphatic rings. The van der Waals surface area contributed by atoms with Crippen LogP contribution in [0.3, 0.4) is 0 Å². The lowest BCUT2D eigenvalue weighted by atomic mass is 10.2. The topological polar surface area (TPSA) is 95.5 Å². The number of benzene rings is 2. The van der Waals surface area contributed by atoms with Crippen molar-refractivity contribution in [3.05, 3.63) is 42.0 Å². The summed E-state index contributed by atoms with van der Waals surface area (Å²) in [4.78, 5) is 2.09. The number of nitrogens with one attached hydrogen (secondary N) is 1. The number of methoxy groups -OCH3 is 3. The Kier molecular flexibility index (Phi) is 7.11. The third-order valence-electron chi connectivity index (χ3n) is 3.60. The second-order valence-electron chi connectivity index (χ2n) is 5.95. The smallest absolute Gasteiger partial charge is 0.280 e. The van der Waals surface area contributed by atoms with E-state index >= 15 is 0 Å². The maximum absolute atomic E-state index is 12.6. The third kappa shape index (κ3) is 5.29. The van der Waals surface area contributed by atoms with Crippen molar-refractivity contribution in [3.63, 3.8) is 0 Å². The molecule has 0 radical (unpaired) electrons. The van der Waals surface area contributed by atoms with Crippen LogP contribution in [0, 0.1) is 0 Å². The summed E-state index contributed by atoms with van der Waals surface area (Å²) >= 11 is 0. The van der Waals surface area contributed by atoms with Crippen LogP contribution in [-0.4, -0.2) is 42.1 Å². The van der Waals surface area contributed by atoms with Crippen molar-refractivity contribution in [2.75, 3.05) is 21.3 Å². The first-order valence-corrected chi connectivity index (χ1v) is 9.90. The van der Waals surface area contributed by atoms with Crippen molar-refractivity contribution in [2.45, 2.75) is 24.8 Å². The molecular formula is C19H24N2O6S. The Labute approximate surface area is 165 Å². The number of ether oxygens (including phenoxy) is 4. The predicted molar refractivity (Wildman–Crippen MR) is 106 cm³/mol. The van der Waals surface area contributed by atoms with Gasteiger partial charge in [-0.25, -0.2) is 0 Å². The molecule has 0 saturated carbocycles.